The maximum atomic E-state index is 10.4. The van der Waals surface area contributed by atoms with Crippen LogP contribution in [-0.2, 0) is 0 Å². The Labute approximate surface area is 81.1 Å². The Morgan fingerprint density at radius 3 is 3.14 bits per heavy atom. The van der Waals surface area contributed by atoms with E-state index in [9.17, 15) is 10.1 Å². The van der Waals surface area contributed by atoms with E-state index in [1.165, 1.54) is 12.4 Å². The average molecular weight is 195 g/mol. The molecule has 0 amide bonds. The van der Waals surface area contributed by atoms with Gasteiger partial charge >= 0.3 is 5.69 Å². The highest BCUT2D eigenvalue weighted by Crippen LogP contribution is 2.22. The van der Waals surface area contributed by atoms with E-state index in [2.05, 4.69) is 10.4 Å². The quantitative estimate of drug-likeness (QED) is 0.530. The standard InChI is InChI=1S/C8H11N4O2/c13-12(14)8-5-10-11(6-8)7-2-1-3-9-4-7/h5-7H,1-4H2/q-1/t7-/m1/s1. The van der Waals surface area contributed by atoms with Crippen molar-refractivity contribution in [2.75, 3.05) is 13.1 Å². The number of hydrogen-bond donors (Lipinski definition) is 0. The second kappa shape index (κ2) is 3.75. The van der Waals surface area contributed by atoms with Gasteiger partial charge in [-0.15, -0.1) is 13.1 Å². The molecule has 1 aromatic rings. The van der Waals surface area contributed by atoms with E-state index < -0.39 is 4.92 Å². The van der Waals surface area contributed by atoms with Crippen molar-refractivity contribution in [3.05, 3.63) is 27.8 Å². The zero-order chi connectivity index (χ0) is 9.97. The van der Waals surface area contributed by atoms with E-state index in [0.29, 0.717) is 0 Å². The van der Waals surface area contributed by atoms with Crippen LogP contribution in [-0.4, -0.2) is 27.8 Å². The van der Waals surface area contributed by atoms with Gasteiger partial charge in [-0.05, 0) is 6.42 Å². The molecule has 0 bridgehead atoms. The second-order valence-electron chi connectivity index (χ2n) is 3.36. The molecule has 0 N–H and O–H groups in total. The molecular weight excluding hydrogens is 184 g/mol. The predicted molar refractivity (Wildman–Crippen MR) is 50.2 cm³/mol. The highest BCUT2D eigenvalue weighted by molar-refractivity contribution is 5.21. The molecule has 1 aliphatic rings. The summed E-state index contributed by atoms with van der Waals surface area (Å²) in [5.74, 6) is 0. The molecule has 2 rings (SSSR count). The molecule has 6 nitrogen and oxygen atoms in total. The van der Waals surface area contributed by atoms with Crippen LogP contribution in [0.1, 0.15) is 18.9 Å². The summed E-state index contributed by atoms with van der Waals surface area (Å²) >= 11 is 0. The van der Waals surface area contributed by atoms with Crippen LogP contribution in [0.25, 0.3) is 5.32 Å². The zero-order valence-corrected chi connectivity index (χ0v) is 7.67. The van der Waals surface area contributed by atoms with Gasteiger partial charge in [0.1, 0.15) is 12.4 Å². The summed E-state index contributed by atoms with van der Waals surface area (Å²) in [4.78, 5) is 10.00. The lowest BCUT2D eigenvalue weighted by molar-refractivity contribution is -0.385. The summed E-state index contributed by atoms with van der Waals surface area (Å²) in [7, 11) is 0. The molecular formula is C8H11N4O2-. The Hall–Kier alpha value is -1.43. The van der Waals surface area contributed by atoms with Gasteiger partial charge in [0, 0.05) is 6.04 Å². The molecule has 0 aromatic carbocycles. The molecule has 0 aliphatic carbocycles. The monoisotopic (exact) mass is 195 g/mol. The van der Waals surface area contributed by atoms with Gasteiger partial charge in [0.15, 0.2) is 0 Å². The van der Waals surface area contributed by atoms with Crippen LogP contribution in [0.15, 0.2) is 12.4 Å². The smallest absolute Gasteiger partial charge is 0.307 e. The normalized spacial score (nSPS) is 22.1. The first-order chi connectivity index (χ1) is 6.77. The van der Waals surface area contributed by atoms with Crippen molar-refractivity contribution in [1.29, 1.82) is 0 Å². The fourth-order valence-electron chi connectivity index (χ4n) is 1.61. The van der Waals surface area contributed by atoms with Crippen molar-refractivity contribution < 1.29 is 4.92 Å². The van der Waals surface area contributed by atoms with Gasteiger partial charge in [-0.25, -0.2) is 0 Å². The summed E-state index contributed by atoms with van der Waals surface area (Å²) < 4.78 is 1.65. The first kappa shape index (κ1) is 9.14. The molecule has 14 heavy (non-hydrogen) atoms. The number of piperidine rings is 1. The largest absolute Gasteiger partial charge is 0.661 e. The van der Waals surface area contributed by atoms with Crippen molar-refractivity contribution in [2.45, 2.75) is 18.9 Å². The number of nitro groups is 1. The van der Waals surface area contributed by atoms with Gasteiger partial charge in [-0.3, -0.25) is 14.8 Å². The minimum absolute atomic E-state index is 0.0515. The Morgan fingerprint density at radius 1 is 1.71 bits per heavy atom. The van der Waals surface area contributed by atoms with Crippen LogP contribution in [0.3, 0.4) is 0 Å². The molecule has 1 fully saturated rings. The van der Waals surface area contributed by atoms with Gasteiger partial charge in [-0.1, -0.05) is 6.42 Å². The third-order valence-corrected chi connectivity index (χ3v) is 2.37. The third-order valence-electron chi connectivity index (χ3n) is 2.37. The molecule has 1 aromatic heterocycles. The Balaban J connectivity index is 2.11. The van der Waals surface area contributed by atoms with Crippen LogP contribution in [0.5, 0.6) is 0 Å². The minimum Gasteiger partial charge on any atom is -0.661 e. The lowest BCUT2D eigenvalue weighted by atomic mass is 10.1. The maximum Gasteiger partial charge on any atom is 0.307 e. The van der Waals surface area contributed by atoms with Crippen molar-refractivity contribution in [1.82, 2.24) is 9.78 Å². The zero-order valence-electron chi connectivity index (χ0n) is 7.67. The first-order valence-electron chi connectivity index (χ1n) is 4.59. The van der Waals surface area contributed by atoms with Crippen molar-refractivity contribution >= 4 is 5.69 Å². The summed E-state index contributed by atoms with van der Waals surface area (Å²) in [5.41, 5.74) is 0.0515. The highest BCUT2D eigenvalue weighted by atomic mass is 16.6. The number of rotatable bonds is 2. The van der Waals surface area contributed by atoms with Crippen LogP contribution in [0.4, 0.5) is 5.69 Å². The number of hydrogen-bond acceptors (Lipinski definition) is 3. The summed E-state index contributed by atoms with van der Waals surface area (Å²) in [6.07, 6.45) is 4.81. The topological polar surface area (TPSA) is 75.1 Å². The van der Waals surface area contributed by atoms with Crippen LogP contribution in [0.2, 0.25) is 0 Å². The van der Waals surface area contributed by atoms with Crippen molar-refractivity contribution in [2.24, 2.45) is 0 Å². The number of nitrogens with zero attached hydrogens (tertiary/aromatic N) is 4. The maximum absolute atomic E-state index is 10.4. The molecule has 0 spiro atoms. The summed E-state index contributed by atoms with van der Waals surface area (Å²) in [6, 6.07) is 0.206. The SMILES string of the molecule is O=[N+]([O-])c1cnn([C@@H]2CCC[N-]C2)c1. The Bertz CT molecular complexity index is 330. The van der Waals surface area contributed by atoms with Gasteiger partial charge < -0.3 is 5.32 Å². The summed E-state index contributed by atoms with van der Waals surface area (Å²) in [5, 5.41) is 18.7. The lowest BCUT2D eigenvalue weighted by Gasteiger charge is -2.32. The van der Waals surface area contributed by atoms with Crippen LogP contribution >= 0.6 is 0 Å². The number of aromatic nitrogens is 2. The Kier molecular flexibility index (Phi) is 2.45. The van der Waals surface area contributed by atoms with E-state index in [1.54, 1.807) is 4.68 Å². The summed E-state index contributed by atoms with van der Waals surface area (Å²) in [6.45, 7) is 1.62. The molecule has 2 heterocycles. The van der Waals surface area contributed by atoms with Crippen molar-refractivity contribution in [3.8, 4) is 0 Å². The molecule has 1 saturated heterocycles. The average Bonchev–Trinajstić information content (AvgIpc) is 2.68. The molecule has 0 radical (unpaired) electrons. The molecule has 1 aliphatic heterocycles. The van der Waals surface area contributed by atoms with Crippen LogP contribution < -0.4 is 0 Å². The van der Waals surface area contributed by atoms with E-state index in [4.69, 9.17) is 0 Å². The predicted octanol–water partition coefficient (Wildman–Crippen LogP) is 1.50. The molecule has 0 unspecified atom stereocenters. The van der Waals surface area contributed by atoms with E-state index in [0.717, 1.165) is 25.9 Å². The second-order valence-corrected chi connectivity index (χ2v) is 3.36. The highest BCUT2D eigenvalue weighted by Gasteiger charge is 2.14. The molecule has 0 saturated carbocycles. The molecule has 76 valence electrons. The van der Waals surface area contributed by atoms with Gasteiger partial charge in [0.2, 0.25) is 0 Å². The van der Waals surface area contributed by atoms with Crippen molar-refractivity contribution in [3.63, 3.8) is 0 Å². The Morgan fingerprint density at radius 2 is 2.57 bits per heavy atom. The van der Waals surface area contributed by atoms with E-state index >= 15 is 0 Å². The van der Waals surface area contributed by atoms with Crippen LogP contribution in [0, 0.1) is 10.1 Å². The third kappa shape index (κ3) is 1.74. The van der Waals surface area contributed by atoms with Gasteiger partial charge in [-0.2, -0.15) is 5.10 Å². The molecule has 1 atom stereocenters. The lowest BCUT2D eigenvalue weighted by Crippen LogP contribution is -2.18. The van der Waals surface area contributed by atoms with Gasteiger partial charge in [0.25, 0.3) is 0 Å². The first-order valence-corrected chi connectivity index (χ1v) is 4.59. The van der Waals surface area contributed by atoms with E-state index in [1.807, 2.05) is 0 Å². The van der Waals surface area contributed by atoms with E-state index in [-0.39, 0.29) is 11.7 Å². The fourth-order valence-corrected chi connectivity index (χ4v) is 1.61. The minimum atomic E-state index is -0.427. The van der Waals surface area contributed by atoms with Gasteiger partial charge in [0.05, 0.1) is 4.92 Å². The molecule has 6 heteroatoms. The fraction of sp³-hybridized carbons (Fsp3) is 0.625.